The Labute approximate surface area is 269 Å². The average Bonchev–Trinajstić information content (AvgIpc) is 3.10. The van der Waals surface area contributed by atoms with Gasteiger partial charge in [0.05, 0.1) is 13.2 Å². The van der Waals surface area contributed by atoms with Gasteiger partial charge in [0.15, 0.2) is 11.5 Å². The molecule has 0 heterocycles. The molecule has 9 heteroatoms. The minimum absolute atomic E-state index is 0.00510. The van der Waals surface area contributed by atoms with Crippen LogP contribution in [-0.4, -0.2) is 12.0 Å². The van der Waals surface area contributed by atoms with E-state index >= 15 is 0 Å². The Bertz CT molecular complexity index is 1660. The van der Waals surface area contributed by atoms with Crippen LogP contribution in [0.15, 0.2) is 140 Å². The van der Waals surface area contributed by atoms with E-state index in [0.717, 1.165) is 22.3 Å². The number of phosphoric acid groups is 1. The predicted molar refractivity (Wildman–Crippen MR) is 176 cm³/mol. The van der Waals surface area contributed by atoms with Gasteiger partial charge in [0, 0.05) is 0 Å². The summed E-state index contributed by atoms with van der Waals surface area (Å²) in [5, 5.41) is 0. The maximum Gasteiger partial charge on any atom is 0.530 e. The Kier molecular flexibility index (Phi) is 11.8. The third-order valence-electron chi connectivity index (χ3n) is 6.90. The van der Waals surface area contributed by atoms with Crippen LogP contribution in [0.5, 0.6) is 11.5 Å². The van der Waals surface area contributed by atoms with Crippen LogP contribution in [0.1, 0.15) is 27.8 Å². The highest BCUT2D eigenvalue weighted by molar-refractivity contribution is 7.48. The number of hydrogen-bond donors (Lipinski definition) is 1. The molecule has 0 saturated heterocycles. The van der Waals surface area contributed by atoms with Gasteiger partial charge in [0.25, 0.3) is 0 Å². The number of phosphoric ester groups is 1. The van der Waals surface area contributed by atoms with Gasteiger partial charge in [-0.25, -0.2) is 4.57 Å². The van der Waals surface area contributed by atoms with Gasteiger partial charge in [-0.05, 0) is 46.4 Å². The second-order valence-corrected chi connectivity index (χ2v) is 12.1. The Morgan fingerprint density at radius 1 is 0.565 bits per heavy atom. The average molecular weight is 638 g/mol. The SMILES string of the molecule is N[C@@H](Cc1ccc(OP(=O)(OCc2ccccc2)OCc2ccccc2)c(OCc2ccccc2)c1)C(=O)OCc1ccccc1. The maximum absolute atomic E-state index is 14.1. The second-order valence-electron chi connectivity index (χ2n) is 10.5. The number of carbonyl (C=O) groups is 1. The second kappa shape index (κ2) is 16.5. The molecule has 0 unspecified atom stereocenters. The highest BCUT2D eigenvalue weighted by Crippen LogP contribution is 2.53. The van der Waals surface area contributed by atoms with E-state index in [0.29, 0.717) is 5.56 Å². The van der Waals surface area contributed by atoms with Gasteiger partial charge in [-0.2, -0.15) is 0 Å². The Balaban J connectivity index is 1.34. The standard InChI is InChI=1S/C37H36NO7P/c38-34(37(39)42-26-30-15-7-2-8-16-30)23-33-21-22-35(36(24-33)41-25-29-13-5-1-6-14-29)45-46(40,43-27-31-17-9-3-10-18-31)44-28-32-19-11-4-12-20-32/h1-22,24,34H,23,25-28,38H2/t34-/m0/s1. The summed E-state index contributed by atoms with van der Waals surface area (Å²) in [6, 6.07) is 41.8. The van der Waals surface area contributed by atoms with Crippen molar-refractivity contribution in [3.8, 4) is 11.5 Å². The summed E-state index contributed by atoms with van der Waals surface area (Å²) >= 11 is 0. The van der Waals surface area contributed by atoms with E-state index in [1.54, 1.807) is 18.2 Å². The van der Waals surface area contributed by atoms with Crippen molar-refractivity contribution in [2.24, 2.45) is 5.73 Å². The van der Waals surface area contributed by atoms with Crippen LogP contribution in [-0.2, 0) is 56.0 Å². The van der Waals surface area contributed by atoms with Crippen molar-refractivity contribution in [2.45, 2.75) is 38.9 Å². The third-order valence-corrected chi connectivity index (χ3v) is 8.21. The van der Waals surface area contributed by atoms with Crippen molar-refractivity contribution in [3.05, 3.63) is 167 Å². The first kappa shape index (κ1) is 32.7. The zero-order valence-corrected chi connectivity index (χ0v) is 26.2. The van der Waals surface area contributed by atoms with Gasteiger partial charge in [-0.3, -0.25) is 13.8 Å². The zero-order valence-electron chi connectivity index (χ0n) is 25.3. The van der Waals surface area contributed by atoms with Gasteiger partial charge in [0.1, 0.15) is 19.3 Å². The van der Waals surface area contributed by atoms with Crippen LogP contribution in [0.2, 0.25) is 0 Å². The summed E-state index contributed by atoms with van der Waals surface area (Å²) in [5.74, 6) is -0.0773. The molecular formula is C37H36NO7P. The lowest BCUT2D eigenvalue weighted by Crippen LogP contribution is -2.34. The first-order chi connectivity index (χ1) is 22.5. The molecule has 0 aliphatic carbocycles. The lowest BCUT2D eigenvalue weighted by molar-refractivity contribution is -0.146. The summed E-state index contributed by atoms with van der Waals surface area (Å²) in [5.41, 5.74) is 10.3. The topological polar surface area (TPSA) is 106 Å². The number of carbonyl (C=O) groups excluding carboxylic acids is 1. The van der Waals surface area contributed by atoms with E-state index in [4.69, 9.17) is 28.8 Å². The van der Waals surface area contributed by atoms with Gasteiger partial charge < -0.3 is 19.7 Å². The highest BCUT2D eigenvalue weighted by atomic mass is 31.2. The Hall–Kier alpha value is -4.72. The number of ether oxygens (including phenoxy) is 2. The predicted octanol–water partition coefficient (Wildman–Crippen LogP) is 7.80. The molecule has 0 aliphatic heterocycles. The zero-order chi connectivity index (χ0) is 32.0. The first-order valence-corrected chi connectivity index (χ1v) is 16.3. The van der Waals surface area contributed by atoms with Gasteiger partial charge >= 0.3 is 13.8 Å². The van der Waals surface area contributed by atoms with E-state index < -0.39 is 19.8 Å². The molecule has 236 valence electrons. The first-order valence-electron chi connectivity index (χ1n) is 14.9. The minimum atomic E-state index is -4.17. The van der Waals surface area contributed by atoms with Crippen LogP contribution in [0.4, 0.5) is 0 Å². The van der Waals surface area contributed by atoms with Crippen LogP contribution >= 0.6 is 7.82 Å². The van der Waals surface area contributed by atoms with Crippen LogP contribution in [0.25, 0.3) is 0 Å². The summed E-state index contributed by atoms with van der Waals surface area (Å²) in [6.07, 6.45) is 0.183. The molecular weight excluding hydrogens is 601 g/mol. The van der Waals surface area contributed by atoms with Crippen LogP contribution in [0, 0.1) is 0 Å². The van der Waals surface area contributed by atoms with Crippen molar-refractivity contribution in [3.63, 3.8) is 0 Å². The Morgan fingerprint density at radius 2 is 1.02 bits per heavy atom. The van der Waals surface area contributed by atoms with Crippen LogP contribution < -0.4 is 15.0 Å². The summed E-state index contributed by atoms with van der Waals surface area (Å²) < 4.78 is 43.4. The molecule has 0 fully saturated rings. The lowest BCUT2D eigenvalue weighted by Gasteiger charge is -2.21. The Morgan fingerprint density at radius 3 is 1.52 bits per heavy atom. The molecule has 2 N–H and O–H groups in total. The van der Waals surface area contributed by atoms with Crippen molar-refractivity contribution in [1.29, 1.82) is 0 Å². The van der Waals surface area contributed by atoms with E-state index in [1.165, 1.54) is 0 Å². The molecule has 0 saturated carbocycles. The van der Waals surface area contributed by atoms with Gasteiger partial charge in [-0.1, -0.05) is 127 Å². The number of esters is 1. The van der Waals surface area contributed by atoms with Crippen molar-refractivity contribution in [1.82, 2.24) is 0 Å². The van der Waals surface area contributed by atoms with Crippen molar-refractivity contribution >= 4 is 13.8 Å². The summed E-state index contributed by atoms with van der Waals surface area (Å²) in [6.45, 7) is 0.356. The molecule has 5 aromatic carbocycles. The molecule has 0 amide bonds. The molecule has 46 heavy (non-hydrogen) atoms. The molecule has 0 bridgehead atoms. The van der Waals surface area contributed by atoms with E-state index in [-0.39, 0.29) is 44.3 Å². The van der Waals surface area contributed by atoms with E-state index in [2.05, 4.69) is 0 Å². The molecule has 0 spiro atoms. The van der Waals surface area contributed by atoms with E-state index in [9.17, 15) is 9.36 Å². The molecule has 0 aromatic heterocycles. The normalized spacial score (nSPS) is 11.8. The largest absolute Gasteiger partial charge is 0.530 e. The summed E-state index contributed by atoms with van der Waals surface area (Å²) in [4.78, 5) is 12.7. The molecule has 5 aromatic rings. The number of hydrogen-bond acceptors (Lipinski definition) is 8. The van der Waals surface area contributed by atoms with Gasteiger partial charge in [0.2, 0.25) is 0 Å². The molecule has 8 nitrogen and oxygen atoms in total. The maximum atomic E-state index is 14.1. The fraction of sp³-hybridized carbons (Fsp3) is 0.162. The number of benzene rings is 5. The monoisotopic (exact) mass is 637 g/mol. The molecule has 0 aliphatic rings. The van der Waals surface area contributed by atoms with Crippen molar-refractivity contribution < 1.29 is 32.4 Å². The highest BCUT2D eigenvalue weighted by Gasteiger charge is 2.31. The van der Waals surface area contributed by atoms with Crippen LogP contribution in [0.3, 0.4) is 0 Å². The fourth-order valence-corrected chi connectivity index (χ4v) is 5.63. The third kappa shape index (κ3) is 10.2. The number of nitrogens with two attached hydrogens (primary N) is 1. The summed E-state index contributed by atoms with van der Waals surface area (Å²) in [7, 11) is -4.17. The molecule has 5 rings (SSSR count). The smallest absolute Gasteiger partial charge is 0.485 e. The number of rotatable bonds is 16. The molecule has 0 radical (unpaired) electrons. The molecule has 1 atom stereocenters. The minimum Gasteiger partial charge on any atom is -0.485 e. The van der Waals surface area contributed by atoms with E-state index in [1.807, 2.05) is 121 Å². The van der Waals surface area contributed by atoms with Gasteiger partial charge in [-0.15, -0.1) is 0 Å². The lowest BCUT2D eigenvalue weighted by atomic mass is 10.1. The fourth-order valence-electron chi connectivity index (χ4n) is 4.44. The quantitative estimate of drug-likeness (QED) is 0.0863. The van der Waals surface area contributed by atoms with Crippen molar-refractivity contribution in [2.75, 3.05) is 0 Å².